The molecule has 19 heavy (non-hydrogen) atoms. The number of ether oxygens (including phenoxy) is 1. The zero-order chi connectivity index (χ0) is 13.7. The first-order valence-corrected chi connectivity index (χ1v) is 6.77. The fourth-order valence-corrected chi connectivity index (χ4v) is 1.96. The quantitative estimate of drug-likeness (QED) is 0.866. The summed E-state index contributed by atoms with van der Waals surface area (Å²) in [7, 11) is 0. The minimum absolute atomic E-state index is 0.236. The summed E-state index contributed by atoms with van der Waals surface area (Å²) >= 11 is 0. The Morgan fingerprint density at radius 1 is 1.26 bits per heavy atom. The van der Waals surface area contributed by atoms with Crippen molar-refractivity contribution in [3.05, 3.63) is 30.5 Å². The summed E-state index contributed by atoms with van der Waals surface area (Å²) in [6, 6.07) is 8.36. The fraction of sp³-hybridized carbons (Fsp3) is 0.467. The number of fused-ring (bicyclic) bond motifs is 1. The van der Waals surface area contributed by atoms with Crippen molar-refractivity contribution < 1.29 is 4.74 Å². The molecule has 1 N–H and O–H groups in total. The Kier molecular flexibility index (Phi) is 4.68. The molecule has 0 spiro atoms. The molecule has 0 aliphatic heterocycles. The number of nitrogens with zero attached hydrogens (tertiary/aromatic N) is 2. The topological polar surface area (TPSA) is 47.0 Å². The maximum absolute atomic E-state index is 5.53. The van der Waals surface area contributed by atoms with Crippen molar-refractivity contribution in [2.75, 3.05) is 18.5 Å². The number of nitrogens with one attached hydrogen (secondary N) is 1. The van der Waals surface area contributed by atoms with Gasteiger partial charge < -0.3 is 10.1 Å². The molecule has 1 atom stereocenters. The van der Waals surface area contributed by atoms with Crippen LogP contribution in [0.4, 0.5) is 5.82 Å². The molecule has 0 amide bonds. The van der Waals surface area contributed by atoms with Gasteiger partial charge in [0.1, 0.15) is 0 Å². The van der Waals surface area contributed by atoms with E-state index >= 15 is 0 Å². The molecule has 0 saturated carbocycles. The summed E-state index contributed by atoms with van der Waals surface area (Å²) in [6.45, 7) is 7.77. The normalized spacial score (nSPS) is 12.8. The molecule has 2 aromatic rings. The minimum Gasteiger partial charge on any atom is -0.380 e. The van der Waals surface area contributed by atoms with E-state index in [2.05, 4.69) is 35.4 Å². The standard InChI is InChI=1S/C15H21N3O/c1-4-19-10-14(11(2)3)17-15-13-8-6-5-7-12(13)9-16-18-15/h5-9,11,14H,4,10H2,1-3H3,(H,17,18). The average Bonchev–Trinajstić information content (AvgIpc) is 2.43. The molecule has 1 aromatic carbocycles. The summed E-state index contributed by atoms with van der Waals surface area (Å²) < 4.78 is 5.53. The largest absolute Gasteiger partial charge is 0.380 e. The second kappa shape index (κ2) is 6.48. The molecular weight excluding hydrogens is 238 g/mol. The summed E-state index contributed by atoms with van der Waals surface area (Å²) in [5.74, 6) is 1.30. The van der Waals surface area contributed by atoms with Gasteiger partial charge in [-0.15, -0.1) is 5.10 Å². The lowest BCUT2D eigenvalue weighted by Gasteiger charge is -2.23. The van der Waals surface area contributed by atoms with Crippen molar-refractivity contribution >= 4 is 16.6 Å². The Bertz CT molecular complexity index is 522. The first-order valence-electron chi connectivity index (χ1n) is 6.77. The number of hydrogen-bond donors (Lipinski definition) is 1. The number of anilines is 1. The zero-order valence-corrected chi connectivity index (χ0v) is 11.8. The third-order valence-electron chi connectivity index (χ3n) is 3.20. The van der Waals surface area contributed by atoms with Crippen molar-refractivity contribution in [1.29, 1.82) is 0 Å². The van der Waals surface area contributed by atoms with E-state index in [4.69, 9.17) is 4.74 Å². The van der Waals surface area contributed by atoms with Crippen LogP contribution in [0.15, 0.2) is 30.5 Å². The highest BCUT2D eigenvalue weighted by Gasteiger charge is 2.15. The summed E-state index contributed by atoms with van der Waals surface area (Å²) in [5, 5.41) is 13.9. The van der Waals surface area contributed by atoms with Crippen LogP contribution in [0.1, 0.15) is 20.8 Å². The first kappa shape index (κ1) is 13.7. The summed E-state index contributed by atoms with van der Waals surface area (Å²) in [6.07, 6.45) is 1.79. The molecule has 0 saturated heterocycles. The number of hydrogen-bond acceptors (Lipinski definition) is 4. The van der Waals surface area contributed by atoms with Gasteiger partial charge in [-0.2, -0.15) is 5.10 Å². The van der Waals surface area contributed by atoms with Crippen molar-refractivity contribution in [3.8, 4) is 0 Å². The van der Waals surface area contributed by atoms with E-state index < -0.39 is 0 Å². The van der Waals surface area contributed by atoms with E-state index in [1.165, 1.54) is 0 Å². The Morgan fingerprint density at radius 2 is 2.05 bits per heavy atom. The second-order valence-electron chi connectivity index (χ2n) is 4.93. The van der Waals surface area contributed by atoms with Crippen LogP contribution in [-0.2, 0) is 4.74 Å². The first-order chi connectivity index (χ1) is 9.22. The molecule has 0 aliphatic carbocycles. The van der Waals surface area contributed by atoms with Gasteiger partial charge in [-0.25, -0.2) is 0 Å². The Hall–Kier alpha value is -1.68. The van der Waals surface area contributed by atoms with Crippen LogP contribution in [0, 0.1) is 5.92 Å². The van der Waals surface area contributed by atoms with Gasteiger partial charge in [-0.3, -0.25) is 0 Å². The second-order valence-corrected chi connectivity index (χ2v) is 4.93. The number of aromatic nitrogens is 2. The molecule has 0 radical (unpaired) electrons. The third kappa shape index (κ3) is 3.41. The lowest BCUT2D eigenvalue weighted by Crippen LogP contribution is -2.31. The molecular formula is C15H21N3O. The molecule has 0 fully saturated rings. The molecule has 1 heterocycles. The van der Waals surface area contributed by atoms with Crippen LogP contribution in [0.2, 0.25) is 0 Å². The van der Waals surface area contributed by atoms with Crippen LogP contribution < -0.4 is 5.32 Å². The SMILES string of the molecule is CCOCC(Nc1nncc2ccccc12)C(C)C. The van der Waals surface area contributed by atoms with E-state index in [1.54, 1.807) is 6.20 Å². The Labute approximate surface area is 114 Å². The monoisotopic (exact) mass is 259 g/mol. The van der Waals surface area contributed by atoms with Crippen LogP contribution in [0.25, 0.3) is 10.8 Å². The highest BCUT2D eigenvalue weighted by Crippen LogP contribution is 2.21. The number of benzene rings is 1. The van der Waals surface area contributed by atoms with E-state index in [0.717, 1.165) is 23.2 Å². The van der Waals surface area contributed by atoms with Gasteiger partial charge >= 0.3 is 0 Å². The maximum atomic E-state index is 5.53. The van der Waals surface area contributed by atoms with Gasteiger partial charge in [0.25, 0.3) is 0 Å². The summed E-state index contributed by atoms with van der Waals surface area (Å²) in [4.78, 5) is 0. The van der Waals surface area contributed by atoms with Crippen molar-refractivity contribution in [3.63, 3.8) is 0 Å². The Balaban J connectivity index is 2.23. The molecule has 4 heteroatoms. The van der Waals surface area contributed by atoms with Crippen LogP contribution in [0.3, 0.4) is 0 Å². The van der Waals surface area contributed by atoms with Gasteiger partial charge in [-0.05, 0) is 12.8 Å². The predicted octanol–water partition coefficient (Wildman–Crippen LogP) is 3.10. The smallest absolute Gasteiger partial charge is 0.156 e. The minimum atomic E-state index is 0.236. The highest BCUT2D eigenvalue weighted by molar-refractivity contribution is 5.90. The van der Waals surface area contributed by atoms with E-state index in [9.17, 15) is 0 Å². The number of rotatable bonds is 6. The Morgan fingerprint density at radius 3 is 2.79 bits per heavy atom. The molecule has 102 valence electrons. The zero-order valence-electron chi connectivity index (χ0n) is 11.8. The molecule has 1 aromatic heterocycles. The van der Waals surface area contributed by atoms with Gasteiger partial charge in [0.15, 0.2) is 5.82 Å². The maximum Gasteiger partial charge on any atom is 0.156 e. The lowest BCUT2D eigenvalue weighted by molar-refractivity contribution is 0.126. The fourth-order valence-electron chi connectivity index (χ4n) is 1.96. The predicted molar refractivity (Wildman–Crippen MR) is 78.3 cm³/mol. The van der Waals surface area contributed by atoms with Crippen LogP contribution in [-0.4, -0.2) is 29.5 Å². The lowest BCUT2D eigenvalue weighted by atomic mass is 10.0. The van der Waals surface area contributed by atoms with E-state index in [-0.39, 0.29) is 6.04 Å². The van der Waals surface area contributed by atoms with E-state index in [1.807, 2.05) is 25.1 Å². The molecule has 2 rings (SSSR count). The van der Waals surface area contributed by atoms with E-state index in [0.29, 0.717) is 12.5 Å². The molecule has 1 unspecified atom stereocenters. The molecule has 0 bridgehead atoms. The van der Waals surface area contributed by atoms with Gasteiger partial charge in [0, 0.05) is 17.4 Å². The van der Waals surface area contributed by atoms with Crippen LogP contribution in [0.5, 0.6) is 0 Å². The van der Waals surface area contributed by atoms with Crippen molar-refractivity contribution in [2.45, 2.75) is 26.8 Å². The molecule has 4 nitrogen and oxygen atoms in total. The van der Waals surface area contributed by atoms with Gasteiger partial charge in [0.2, 0.25) is 0 Å². The highest BCUT2D eigenvalue weighted by atomic mass is 16.5. The molecule has 0 aliphatic rings. The average molecular weight is 259 g/mol. The van der Waals surface area contributed by atoms with Crippen LogP contribution >= 0.6 is 0 Å². The van der Waals surface area contributed by atoms with Crippen molar-refractivity contribution in [2.24, 2.45) is 5.92 Å². The van der Waals surface area contributed by atoms with Crippen molar-refractivity contribution in [1.82, 2.24) is 10.2 Å². The third-order valence-corrected chi connectivity index (χ3v) is 3.20. The van der Waals surface area contributed by atoms with Gasteiger partial charge in [-0.1, -0.05) is 38.1 Å². The summed E-state index contributed by atoms with van der Waals surface area (Å²) in [5.41, 5.74) is 0. The van der Waals surface area contributed by atoms with Gasteiger partial charge in [0.05, 0.1) is 18.8 Å².